The normalized spacial score (nSPS) is 12.0. The molecule has 5 aromatic heterocycles. The molecule has 0 fully saturated rings. The molecular formula is C82H46N6O. The molecule has 0 aliphatic rings. The zero-order valence-corrected chi connectivity index (χ0v) is 47.6. The molecule has 0 saturated heterocycles. The smallest absolute Gasteiger partial charge is 0.160 e. The number of rotatable bonds is 6. The van der Waals surface area contributed by atoms with Gasteiger partial charge in [0.15, 0.2) is 5.58 Å². The van der Waals surface area contributed by atoms with Crippen LogP contribution in [0.5, 0.6) is 0 Å². The molecule has 89 heavy (non-hydrogen) atoms. The maximum atomic E-state index is 13.3. The highest BCUT2D eigenvalue weighted by atomic mass is 16.3. The van der Waals surface area contributed by atoms with Gasteiger partial charge in [0, 0.05) is 53.9 Å². The number of nitriles is 2. The van der Waals surface area contributed by atoms with Crippen molar-refractivity contribution in [2.45, 2.75) is 0 Å². The lowest BCUT2D eigenvalue weighted by molar-refractivity contribution is 0.671. The third-order valence-electron chi connectivity index (χ3n) is 18.8. The molecule has 0 atom stereocenters. The number of para-hydroxylation sites is 7. The van der Waals surface area contributed by atoms with Gasteiger partial charge in [-0.25, -0.2) is 0 Å². The third kappa shape index (κ3) is 6.68. The fraction of sp³-hybridized carbons (Fsp3) is 0. The van der Waals surface area contributed by atoms with Gasteiger partial charge >= 0.3 is 0 Å². The second kappa shape index (κ2) is 18.5. The van der Waals surface area contributed by atoms with E-state index in [2.05, 4.69) is 297 Å². The molecule has 0 spiro atoms. The Bertz CT molecular complexity index is 6230. The zero-order chi connectivity index (χ0) is 58.6. The Kier molecular flexibility index (Phi) is 10.2. The quantitative estimate of drug-likeness (QED) is 0.166. The summed E-state index contributed by atoms with van der Waals surface area (Å²) >= 11 is 0. The molecule has 7 nitrogen and oxygen atoms in total. The van der Waals surface area contributed by atoms with Crippen LogP contribution in [0.2, 0.25) is 0 Å². The maximum Gasteiger partial charge on any atom is 0.160 e. The van der Waals surface area contributed by atoms with E-state index in [9.17, 15) is 10.5 Å². The predicted molar refractivity (Wildman–Crippen MR) is 366 cm³/mol. The van der Waals surface area contributed by atoms with E-state index in [-0.39, 0.29) is 0 Å². The fourth-order valence-electron chi connectivity index (χ4n) is 15.2. The van der Waals surface area contributed by atoms with Crippen LogP contribution in [0.15, 0.2) is 283 Å². The summed E-state index contributed by atoms with van der Waals surface area (Å²) in [6.45, 7) is 0. The number of aromatic nitrogens is 4. The van der Waals surface area contributed by atoms with Crippen molar-refractivity contribution < 1.29 is 4.42 Å². The Morgan fingerprint density at radius 3 is 1.09 bits per heavy atom. The molecule has 0 N–H and O–H groups in total. The minimum absolute atomic E-state index is 0.360. The van der Waals surface area contributed by atoms with E-state index in [1.54, 1.807) is 0 Å². The number of fused-ring (bicyclic) bond motifs is 18. The number of furan rings is 1. The van der Waals surface area contributed by atoms with Crippen LogP contribution < -0.4 is 0 Å². The van der Waals surface area contributed by atoms with Crippen LogP contribution >= 0.6 is 0 Å². The molecule has 410 valence electrons. The molecule has 5 heterocycles. The van der Waals surface area contributed by atoms with Gasteiger partial charge in [-0.2, -0.15) is 10.5 Å². The van der Waals surface area contributed by atoms with Crippen molar-refractivity contribution in [1.29, 1.82) is 10.5 Å². The number of benzene rings is 14. The Labute approximate surface area is 508 Å². The molecule has 0 aliphatic carbocycles. The molecule has 19 aromatic rings. The summed E-state index contributed by atoms with van der Waals surface area (Å²) in [5.41, 5.74) is 15.5. The highest BCUT2D eigenvalue weighted by Gasteiger charge is 2.36. The minimum atomic E-state index is 0.360. The van der Waals surface area contributed by atoms with E-state index in [0.717, 1.165) is 147 Å². The standard InChI is InChI=1S/C82H46N6O/c83-47-66-77(85-68-36-12-5-27-56(68)57-28-6-13-37-69(57)85)78(86-70-38-14-7-29-58(70)59-30-8-15-39-71(59)86)67(48-84)80(79(66)87-72-40-16-9-31-60(72)61-32-10-17-41-73(61)87)88-74-46-51(54-34-19-23-49-21-1-3-25-52(49)54)45-65(55-35-20-24-50-22-2-4-26-53(50)55)76(74)64-44-43-63-62-33-11-18-42-75(62)89-82(63)81(64)88/h1-46H. The average molecular weight is 1130 g/mol. The maximum absolute atomic E-state index is 13.3. The molecule has 19 rings (SSSR count). The van der Waals surface area contributed by atoms with Crippen LogP contribution in [0.3, 0.4) is 0 Å². The largest absolute Gasteiger partial charge is 0.454 e. The summed E-state index contributed by atoms with van der Waals surface area (Å²) in [5.74, 6) is 0. The van der Waals surface area contributed by atoms with Crippen LogP contribution in [0, 0.1) is 22.7 Å². The summed E-state index contributed by atoms with van der Waals surface area (Å²) in [6, 6.07) is 104. The summed E-state index contributed by atoms with van der Waals surface area (Å²) in [4.78, 5) is 0. The van der Waals surface area contributed by atoms with Gasteiger partial charge in [-0.1, -0.05) is 218 Å². The molecule has 14 aromatic carbocycles. The van der Waals surface area contributed by atoms with Gasteiger partial charge in [0.1, 0.15) is 28.8 Å². The first-order chi connectivity index (χ1) is 44.1. The fourth-order valence-corrected chi connectivity index (χ4v) is 15.2. The Morgan fingerprint density at radius 2 is 0.629 bits per heavy atom. The summed E-state index contributed by atoms with van der Waals surface area (Å²) in [6.07, 6.45) is 0. The van der Waals surface area contributed by atoms with Crippen LogP contribution in [-0.4, -0.2) is 18.3 Å². The van der Waals surface area contributed by atoms with Gasteiger partial charge in [-0.05, 0) is 104 Å². The van der Waals surface area contributed by atoms with Gasteiger partial charge in [0.25, 0.3) is 0 Å². The first kappa shape index (κ1) is 48.9. The number of nitrogens with zero attached hydrogens (tertiary/aromatic N) is 6. The first-order valence-electron chi connectivity index (χ1n) is 30.0. The highest BCUT2D eigenvalue weighted by Crippen LogP contribution is 2.52. The van der Waals surface area contributed by atoms with Crippen molar-refractivity contribution >= 4 is 131 Å². The second-order valence-corrected chi connectivity index (χ2v) is 23.2. The summed E-state index contributed by atoms with van der Waals surface area (Å²) < 4.78 is 16.5. The van der Waals surface area contributed by atoms with Crippen molar-refractivity contribution in [1.82, 2.24) is 18.3 Å². The Balaban J connectivity index is 1.14. The highest BCUT2D eigenvalue weighted by molar-refractivity contribution is 6.27. The number of hydrogen-bond donors (Lipinski definition) is 0. The lowest BCUT2D eigenvalue weighted by atomic mass is 9.90. The minimum Gasteiger partial charge on any atom is -0.454 e. The van der Waals surface area contributed by atoms with Crippen molar-refractivity contribution in [2.75, 3.05) is 0 Å². The van der Waals surface area contributed by atoms with Crippen molar-refractivity contribution in [2.24, 2.45) is 0 Å². The molecule has 0 saturated carbocycles. The molecular weight excluding hydrogens is 1080 g/mol. The topological polar surface area (TPSA) is 80.4 Å². The van der Waals surface area contributed by atoms with Gasteiger partial charge in [0.05, 0.1) is 66.9 Å². The monoisotopic (exact) mass is 1130 g/mol. The Morgan fingerprint density at radius 1 is 0.270 bits per heavy atom. The lowest BCUT2D eigenvalue weighted by Crippen LogP contribution is -2.16. The molecule has 0 radical (unpaired) electrons. The van der Waals surface area contributed by atoms with E-state index >= 15 is 0 Å². The van der Waals surface area contributed by atoms with Crippen LogP contribution in [0.1, 0.15) is 11.1 Å². The van der Waals surface area contributed by atoms with Crippen molar-refractivity contribution in [3.8, 4) is 57.1 Å². The predicted octanol–water partition coefficient (Wildman–Crippen LogP) is 21.4. The SMILES string of the molecule is N#Cc1c(-n2c3ccccc3c3ccccc32)c(-n2c3ccccc3c3ccccc32)c(C#N)c(-n2c3cc(-c4cccc5ccccc45)cc(-c4cccc5ccccc45)c3c3ccc4c5ccccc5oc4c32)c1-n1c2ccccc2c2ccccc21. The van der Waals surface area contributed by atoms with Crippen molar-refractivity contribution in [3.63, 3.8) is 0 Å². The summed E-state index contributed by atoms with van der Waals surface area (Å²) in [5, 5.41) is 40.8. The van der Waals surface area contributed by atoms with Gasteiger partial charge in [-0.15, -0.1) is 0 Å². The van der Waals surface area contributed by atoms with E-state index in [4.69, 9.17) is 4.42 Å². The molecule has 0 bridgehead atoms. The first-order valence-corrected chi connectivity index (χ1v) is 30.0. The summed E-state index contributed by atoms with van der Waals surface area (Å²) in [7, 11) is 0. The molecule has 0 unspecified atom stereocenters. The van der Waals surface area contributed by atoms with E-state index in [0.29, 0.717) is 39.5 Å². The van der Waals surface area contributed by atoms with E-state index in [1.165, 1.54) is 0 Å². The van der Waals surface area contributed by atoms with Gasteiger partial charge in [-0.3, -0.25) is 0 Å². The van der Waals surface area contributed by atoms with Crippen LogP contribution in [0.4, 0.5) is 0 Å². The van der Waals surface area contributed by atoms with Gasteiger partial charge < -0.3 is 22.7 Å². The zero-order valence-electron chi connectivity index (χ0n) is 47.6. The Hall–Kier alpha value is -12.4. The van der Waals surface area contributed by atoms with Crippen LogP contribution in [0.25, 0.3) is 176 Å². The second-order valence-electron chi connectivity index (χ2n) is 23.2. The lowest BCUT2D eigenvalue weighted by Gasteiger charge is -2.27. The molecule has 0 amide bonds. The van der Waals surface area contributed by atoms with Gasteiger partial charge in [0.2, 0.25) is 0 Å². The van der Waals surface area contributed by atoms with Crippen molar-refractivity contribution in [3.05, 3.63) is 290 Å². The van der Waals surface area contributed by atoms with E-state index in [1.807, 2.05) is 12.1 Å². The average Bonchev–Trinajstić information content (AvgIpc) is 1.61. The third-order valence-corrected chi connectivity index (χ3v) is 18.8. The molecule has 7 heteroatoms. The van der Waals surface area contributed by atoms with Crippen LogP contribution in [-0.2, 0) is 0 Å². The molecule has 0 aliphatic heterocycles. The van der Waals surface area contributed by atoms with E-state index < -0.39 is 0 Å². The number of hydrogen-bond acceptors (Lipinski definition) is 3.